The summed E-state index contributed by atoms with van der Waals surface area (Å²) in [6, 6.07) is 10.8. The van der Waals surface area contributed by atoms with Gasteiger partial charge in [-0.15, -0.1) is 0 Å². The van der Waals surface area contributed by atoms with Gasteiger partial charge in [-0.3, -0.25) is 14.2 Å². The number of nitrogens with one attached hydrogen (secondary N) is 1. The van der Waals surface area contributed by atoms with Crippen LogP contribution in [0.2, 0.25) is 0 Å². The van der Waals surface area contributed by atoms with Crippen LogP contribution in [-0.4, -0.2) is 40.2 Å². The zero-order valence-electron chi connectivity index (χ0n) is 17.1. The van der Waals surface area contributed by atoms with Crippen molar-refractivity contribution >= 4 is 29.0 Å². The smallest absolute Gasteiger partial charge is 0.262 e. The van der Waals surface area contributed by atoms with E-state index in [0.717, 1.165) is 44.3 Å². The van der Waals surface area contributed by atoms with Crippen molar-refractivity contribution in [2.24, 2.45) is 0 Å². The van der Waals surface area contributed by atoms with E-state index in [4.69, 9.17) is 21.7 Å². The molecule has 0 spiro atoms. The van der Waals surface area contributed by atoms with Gasteiger partial charge in [0.05, 0.1) is 17.4 Å². The number of aromatic nitrogens is 2. The summed E-state index contributed by atoms with van der Waals surface area (Å²) in [5, 5.41) is 0.502. The molecule has 0 bridgehead atoms. The van der Waals surface area contributed by atoms with E-state index < -0.39 is 0 Å². The molecule has 2 aromatic carbocycles. The van der Waals surface area contributed by atoms with Crippen molar-refractivity contribution in [1.82, 2.24) is 14.5 Å². The molecule has 1 saturated heterocycles. The summed E-state index contributed by atoms with van der Waals surface area (Å²) in [5.74, 6) is 1.37. The number of H-pyrrole nitrogens is 1. The van der Waals surface area contributed by atoms with E-state index in [-0.39, 0.29) is 18.3 Å². The summed E-state index contributed by atoms with van der Waals surface area (Å²) in [7, 11) is 0. The zero-order chi connectivity index (χ0) is 21.4. The quantitative estimate of drug-likeness (QED) is 0.630. The Bertz CT molecular complexity index is 1270. The van der Waals surface area contributed by atoms with Crippen LogP contribution in [0.4, 0.5) is 0 Å². The number of rotatable bonds is 3. The summed E-state index contributed by atoms with van der Waals surface area (Å²) < 4.78 is 12.6. The van der Waals surface area contributed by atoms with Gasteiger partial charge >= 0.3 is 0 Å². The molecule has 1 amide bonds. The van der Waals surface area contributed by atoms with Gasteiger partial charge in [0, 0.05) is 18.7 Å². The number of likely N-dealkylation sites (tertiary alicyclic amines) is 1. The van der Waals surface area contributed by atoms with Crippen LogP contribution in [0.1, 0.15) is 41.6 Å². The van der Waals surface area contributed by atoms with Crippen LogP contribution in [0.5, 0.6) is 11.5 Å². The first-order valence-electron chi connectivity index (χ1n) is 10.5. The lowest BCUT2D eigenvalue weighted by Crippen LogP contribution is -2.32. The van der Waals surface area contributed by atoms with E-state index in [2.05, 4.69) is 4.98 Å². The zero-order valence-corrected chi connectivity index (χ0v) is 17.9. The number of aromatic amines is 1. The summed E-state index contributed by atoms with van der Waals surface area (Å²) >= 11 is 5.47. The molecule has 0 saturated carbocycles. The highest BCUT2D eigenvalue weighted by Crippen LogP contribution is 2.32. The molecule has 0 radical (unpaired) electrons. The van der Waals surface area contributed by atoms with E-state index in [9.17, 15) is 9.59 Å². The third-order valence-corrected chi connectivity index (χ3v) is 6.22. The number of hydrogen-bond acceptors (Lipinski definition) is 5. The van der Waals surface area contributed by atoms with Gasteiger partial charge in [0.25, 0.3) is 11.5 Å². The summed E-state index contributed by atoms with van der Waals surface area (Å²) in [6.07, 6.45) is 4.40. The van der Waals surface area contributed by atoms with E-state index in [1.807, 2.05) is 23.1 Å². The highest BCUT2D eigenvalue weighted by atomic mass is 32.1. The molecule has 1 fully saturated rings. The molecule has 0 unspecified atom stereocenters. The number of nitrogens with zero attached hydrogens (tertiary/aromatic N) is 2. The Kier molecular flexibility index (Phi) is 5.23. The largest absolute Gasteiger partial charge is 0.454 e. The average molecular weight is 438 g/mol. The fourth-order valence-electron chi connectivity index (χ4n) is 4.21. The Morgan fingerprint density at radius 3 is 2.58 bits per heavy atom. The first-order chi connectivity index (χ1) is 15.1. The van der Waals surface area contributed by atoms with Crippen molar-refractivity contribution in [3.8, 4) is 11.5 Å². The standard InChI is InChI=1S/C23H23N3O4S/c27-21(25-9-3-1-2-4-10-25)16-6-7-17-18(12-16)24-23(31)26(22(17)28)13-15-5-8-19-20(11-15)30-14-29-19/h5-8,11-12H,1-4,9-10,13-14H2,(H,24,31). The summed E-state index contributed by atoms with van der Waals surface area (Å²) in [6.45, 7) is 2.08. The molecule has 3 aromatic rings. The Morgan fingerprint density at radius 2 is 1.77 bits per heavy atom. The third-order valence-electron chi connectivity index (χ3n) is 5.90. The van der Waals surface area contributed by atoms with Crippen LogP contribution in [0.15, 0.2) is 41.2 Å². The Morgan fingerprint density at radius 1 is 1.00 bits per heavy atom. The van der Waals surface area contributed by atoms with E-state index >= 15 is 0 Å². The van der Waals surface area contributed by atoms with Crippen molar-refractivity contribution in [1.29, 1.82) is 0 Å². The number of carbonyl (C=O) groups is 1. The first kappa shape index (κ1) is 19.8. The minimum Gasteiger partial charge on any atom is -0.454 e. The molecular formula is C23H23N3O4S. The van der Waals surface area contributed by atoms with E-state index in [0.29, 0.717) is 39.3 Å². The number of amides is 1. The lowest BCUT2D eigenvalue weighted by Gasteiger charge is -2.20. The summed E-state index contributed by atoms with van der Waals surface area (Å²) in [5.41, 5.74) is 1.86. The molecule has 2 aliphatic heterocycles. The van der Waals surface area contributed by atoms with Crippen molar-refractivity contribution in [2.75, 3.05) is 19.9 Å². The first-order valence-corrected chi connectivity index (χ1v) is 11.0. The van der Waals surface area contributed by atoms with Crippen LogP contribution in [0.3, 0.4) is 0 Å². The maximum absolute atomic E-state index is 13.1. The maximum atomic E-state index is 13.1. The van der Waals surface area contributed by atoms with Crippen molar-refractivity contribution in [3.05, 3.63) is 62.6 Å². The van der Waals surface area contributed by atoms with Crippen LogP contribution in [0, 0.1) is 4.77 Å². The highest BCUT2D eigenvalue weighted by Gasteiger charge is 2.19. The second-order valence-corrected chi connectivity index (χ2v) is 8.36. The molecule has 1 N–H and O–H groups in total. The van der Waals surface area contributed by atoms with Gasteiger partial charge in [0.15, 0.2) is 16.3 Å². The van der Waals surface area contributed by atoms with Crippen LogP contribution >= 0.6 is 12.2 Å². The Hall–Kier alpha value is -3.13. The van der Waals surface area contributed by atoms with Crippen LogP contribution < -0.4 is 15.0 Å². The SMILES string of the molecule is O=C(c1ccc2c(=O)n(Cc3ccc4c(c3)OCO4)c(=S)[nH]c2c1)N1CCCCCC1. The molecule has 3 heterocycles. The molecule has 8 heteroatoms. The molecule has 5 rings (SSSR count). The predicted octanol–water partition coefficient (Wildman–Crippen LogP) is 3.85. The number of carbonyl (C=O) groups excluding carboxylic acids is 1. The summed E-state index contributed by atoms with van der Waals surface area (Å²) in [4.78, 5) is 31.1. The lowest BCUT2D eigenvalue weighted by molar-refractivity contribution is 0.0762. The minimum absolute atomic E-state index is 0.00709. The minimum atomic E-state index is -0.190. The number of ether oxygens (including phenoxy) is 2. The Labute approximate surface area is 184 Å². The van der Waals surface area contributed by atoms with Gasteiger partial charge in [-0.05, 0) is 61.0 Å². The van der Waals surface area contributed by atoms with E-state index in [1.165, 1.54) is 4.57 Å². The molecular weight excluding hydrogens is 414 g/mol. The molecule has 0 aliphatic carbocycles. The number of hydrogen-bond donors (Lipinski definition) is 1. The number of fused-ring (bicyclic) bond motifs is 2. The monoisotopic (exact) mass is 437 g/mol. The fourth-order valence-corrected chi connectivity index (χ4v) is 4.47. The molecule has 7 nitrogen and oxygen atoms in total. The lowest BCUT2D eigenvalue weighted by atomic mass is 10.1. The maximum Gasteiger partial charge on any atom is 0.262 e. The van der Waals surface area contributed by atoms with Crippen LogP contribution in [-0.2, 0) is 6.54 Å². The van der Waals surface area contributed by atoms with Gasteiger partial charge in [-0.1, -0.05) is 18.9 Å². The topological polar surface area (TPSA) is 76.6 Å². The van der Waals surface area contributed by atoms with Crippen molar-refractivity contribution in [2.45, 2.75) is 32.2 Å². The van der Waals surface area contributed by atoms with Crippen molar-refractivity contribution < 1.29 is 14.3 Å². The fraction of sp³-hybridized carbons (Fsp3) is 0.348. The third kappa shape index (κ3) is 3.83. The highest BCUT2D eigenvalue weighted by molar-refractivity contribution is 7.71. The molecule has 160 valence electrons. The average Bonchev–Trinajstić information content (AvgIpc) is 3.07. The van der Waals surface area contributed by atoms with Gasteiger partial charge < -0.3 is 19.4 Å². The van der Waals surface area contributed by atoms with Crippen LogP contribution in [0.25, 0.3) is 10.9 Å². The Balaban J connectivity index is 1.47. The predicted molar refractivity (Wildman–Crippen MR) is 119 cm³/mol. The molecule has 0 atom stereocenters. The second kappa shape index (κ2) is 8.19. The van der Waals surface area contributed by atoms with E-state index in [1.54, 1.807) is 18.2 Å². The van der Waals surface area contributed by atoms with Gasteiger partial charge in [-0.25, -0.2) is 0 Å². The molecule has 2 aliphatic rings. The number of benzene rings is 2. The van der Waals surface area contributed by atoms with Crippen molar-refractivity contribution in [3.63, 3.8) is 0 Å². The second-order valence-electron chi connectivity index (χ2n) is 7.98. The van der Waals surface area contributed by atoms with Gasteiger partial charge in [0.1, 0.15) is 0 Å². The molecule has 31 heavy (non-hydrogen) atoms. The van der Waals surface area contributed by atoms with Gasteiger partial charge in [-0.2, -0.15) is 0 Å². The molecule has 1 aromatic heterocycles. The van der Waals surface area contributed by atoms with Gasteiger partial charge in [0.2, 0.25) is 6.79 Å². The normalized spacial score (nSPS) is 15.8.